The summed E-state index contributed by atoms with van der Waals surface area (Å²) in [6.07, 6.45) is -0.252. The molecular formula is C27H38N6O6. The van der Waals surface area contributed by atoms with Crippen LogP contribution in [0.5, 0.6) is 0 Å². The van der Waals surface area contributed by atoms with Crippen LogP contribution in [0.25, 0.3) is 5.52 Å². The molecule has 39 heavy (non-hydrogen) atoms. The number of nitriles is 1. The van der Waals surface area contributed by atoms with Gasteiger partial charge in [-0.25, -0.2) is 19.1 Å². The maximum Gasteiger partial charge on any atom is 0.408 e. The van der Waals surface area contributed by atoms with Gasteiger partial charge in [0.25, 0.3) is 0 Å². The number of esters is 1. The first-order chi connectivity index (χ1) is 18.0. The number of rotatable bonds is 5. The van der Waals surface area contributed by atoms with Gasteiger partial charge in [-0.3, -0.25) is 0 Å². The predicted molar refractivity (Wildman–Crippen MR) is 140 cm³/mol. The lowest BCUT2D eigenvalue weighted by Gasteiger charge is -2.31. The molecule has 0 unspecified atom stereocenters. The van der Waals surface area contributed by atoms with Crippen molar-refractivity contribution in [1.29, 1.82) is 5.26 Å². The first kappa shape index (κ1) is 28.6. The highest BCUT2D eigenvalue weighted by atomic mass is 16.8. The van der Waals surface area contributed by atoms with Crippen LogP contribution in [0.3, 0.4) is 0 Å². The molecule has 2 aromatic rings. The summed E-state index contributed by atoms with van der Waals surface area (Å²) in [6.45, 7) is 14.2. The van der Waals surface area contributed by atoms with E-state index in [4.69, 9.17) is 24.7 Å². The number of nitrogens with one attached hydrogen (secondary N) is 1. The third kappa shape index (κ3) is 5.51. The highest BCUT2D eigenvalue weighted by Gasteiger charge is 2.64. The van der Waals surface area contributed by atoms with Gasteiger partial charge in [-0.2, -0.15) is 10.4 Å². The Morgan fingerprint density at radius 2 is 1.95 bits per heavy atom. The summed E-state index contributed by atoms with van der Waals surface area (Å²) in [5.74, 6) is -1.63. The van der Waals surface area contributed by atoms with Crippen molar-refractivity contribution >= 4 is 23.4 Å². The van der Waals surface area contributed by atoms with Crippen molar-refractivity contribution < 1.29 is 28.5 Å². The van der Waals surface area contributed by atoms with E-state index in [2.05, 4.69) is 21.5 Å². The van der Waals surface area contributed by atoms with Crippen molar-refractivity contribution in [3.63, 3.8) is 0 Å². The van der Waals surface area contributed by atoms with Crippen LogP contribution < -0.4 is 11.1 Å². The number of hydrogen-bond donors (Lipinski definition) is 2. The van der Waals surface area contributed by atoms with Gasteiger partial charge in [0, 0.05) is 5.92 Å². The number of nitrogens with zero attached hydrogens (tertiary/aromatic N) is 4. The first-order valence-corrected chi connectivity index (χ1v) is 13.0. The molecule has 0 aromatic carbocycles. The Bertz CT molecular complexity index is 1300. The number of aromatic nitrogens is 3. The lowest BCUT2D eigenvalue weighted by molar-refractivity contribution is -0.166. The van der Waals surface area contributed by atoms with Crippen LogP contribution in [0.15, 0.2) is 18.5 Å². The fourth-order valence-corrected chi connectivity index (χ4v) is 5.35. The smallest absolute Gasteiger partial charge is 0.408 e. The number of alkyl carbamates (subject to hydrolysis) is 1. The average Bonchev–Trinajstić information content (AvgIpc) is 3.45. The highest BCUT2D eigenvalue weighted by molar-refractivity contribution is 5.82. The van der Waals surface area contributed by atoms with Crippen molar-refractivity contribution in [3.8, 4) is 6.07 Å². The molecule has 1 amide bonds. The molecule has 1 saturated carbocycles. The predicted octanol–water partition coefficient (Wildman–Crippen LogP) is 3.10. The topological polar surface area (TPSA) is 163 Å². The van der Waals surface area contributed by atoms with Crippen LogP contribution in [-0.2, 0) is 29.2 Å². The van der Waals surface area contributed by atoms with Crippen molar-refractivity contribution in [2.45, 2.75) is 96.9 Å². The summed E-state index contributed by atoms with van der Waals surface area (Å²) in [5, 5.41) is 17.6. The quantitative estimate of drug-likeness (QED) is 0.537. The minimum Gasteiger partial charge on any atom is -0.464 e. The van der Waals surface area contributed by atoms with E-state index in [9.17, 15) is 14.9 Å². The Labute approximate surface area is 228 Å². The Morgan fingerprint density at radius 1 is 1.26 bits per heavy atom. The van der Waals surface area contributed by atoms with E-state index in [0.29, 0.717) is 17.0 Å². The van der Waals surface area contributed by atoms with Gasteiger partial charge in [0.05, 0.1) is 24.5 Å². The summed E-state index contributed by atoms with van der Waals surface area (Å²) < 4.78 is 25.2. The van der Waals surface area contributed by atoms with Crippen molar-refractivity contribution in [3.05, 3.63) is 24.2 Å². The molecule has 3 N–H and O–H groups in total. The molecule has 212 valence electrons. The Balaban J connectivity index is 1.59. The number of carbonyl (C=O) groups excluding carboxylic acids is 2. The molecule has 0 radical (unpaired) electrons. The van der Waals surface area contributed by atoms with E-state index in [-0.39, 0.29) is 18.9 Å². The number of nitrogens with two attached hydrogens (primary N) is 1. The zero-order valence-corrected chi connectivity index (χ0v) is 23.8. The SMILES string of the molecule is CC(C)(C)OC(=O)N[C@H](C(=O)OC[C@H]1C[C@@](C#N)(c2ccc3c(N)ncnn23)[C@@H]2OC(C)(C)O[C@H]12)C(C)(C)C. The zero-order chi connectivity index (χ0) is 29.0. The standard InChI is InChI=1S/C27H38N6O6/c1-24(2,3)19(32-23(35)39-25(4,5)6)22(34)36-12-15-11-27(13-28,20-18(15)37-26(7,8)38-20)17-10-9-16-21(29)30-14-31-33(16)17/h9-10,14-15,18-20H,11-12H2,1-8H3,(H,32,35)(H2,29,30,31)/t15-,18-,19-,20-,27-/m1/s1. The molecule has 2 aliphatic rings. The minimum atomic E-state index is -1.15. The molecule has 3 heterocycles. The molecule has 4 rings (SSSR count). The van der Waals surface area contributed by atoms with E-state index in [0.717, 1.165) is 0 Å². The molecule has 12 nitrogen and oxygen atoms in total. The summed E-state index contributed by atoms with van der Waals surface area (Å²) >= 11 is 0. The molecule has 2 fully saturated rings. The third-order valence-electron chi connectivity index (χ3n) is 7.00. The number of ether oxygens (including phenoxy) is 4. The monoisotopic (exact) mass is 542 g/mol. The molecular weight excluding hydrogens is 504 g/mol. The van der Waals surface area contributed by atoms with Crippen molar-refractivity contribution in [1.82, 2.24) is 19.9 Å². The number of nitrogen functional groups attached to an aromatic ring is 1. The second-order valence-corrected chi connectivity index (χ2v) is 12.8. The van der Waals surface area contributed by atoms with E-state index >= 15 is 0 Å². The van der Waals surface area contributed by atoms with E-state index in [1.807, 2.05) is 20.8 Å². The largest absolute Gasteiger partial charge is 0.464 e. The fourth-order valence-electron chi connectivity index (χ4n) is 5.35. The van der Waals surface area contributed by atoms with Crippen LogP contribution in [0.4, 0.5) is 10.6 Å². The summed E-state index contributed by atoms with van der Waals surface area (Å²) in [7, 11) is 0. The number of hydrogen-bond acceptors (Lipinski definition) is 10. The van der Waals surface area contributed by atoms with Crippen LogP contribution in [0.1, 0.15) is 67.5 Å². The maximum absolute atomic E-state index is 13.3. The second-order valence-electron chi connectivity index (χ2n) is 12.8. The van der Waals surface area contributed by atoms with Gasteiger partial charge in [0.2, 0.25) is 0 Å². The second kappa shape index (κ2) is 9.64. The van der Waals surface area contributed by atoms with E-state index in [1.165, 1.54) is 6.33 Å². The van der Waals surface area contributed by atoms with Gasteiger partial charge < -0.3 is 30.0 Å². The molecule has 5 atom stereocenters. The number of anilines is 1. The normalized spacial score (nSPS) is 27.0. The minimum absolute atomic E-state index is 0.0358. The molecule has 1 aliphatic heterocycles. The fraction of sp³-hybridized carbons (Fsp3) is 0.667. The number of carbonyl (C=O) groups is 2. The van der Waals surface area contributed by atoms with Gasteiger partial charge in [0.1, 0.15) is 35.0 Å². The lowest BCUT2D eigenvalue weighted by Crippen LogP contribution is -2.51. The summed E-state index contributed by atoms with van der Waals surface area (Å²) in [5.41, 5.74) is 4.68. The van der Waals surface area contributed by atoms with Gasteiger partial charge >= 0.3 is 12.1 Å². The Morgan fingerprint density at radius 3 is 2.56 bits per heavy atom. The molecule has 0 bridgehead atoms. The number of amides is 1. The molecule has 1 aliphatic carbocycles. The molecule has 12 heteroatoms. The molecule has 0 spiro atoms. The first-order valence-electron chi connectivity index (χ1n) is 13.0. The maximum atomic E-state index is 13.3. The Kier molecular flexibility index (Phi) is 7.06. The summed E-state index contributed by atoms with van der Waals surface area (Å²) in [4.78, 5) is 29.8. The highest BCUT2D eigenvalue weighted by Crippen LogP contribution is 2.53. The van der Waals surface area contributed by atoms with Crippen LogP contribution in [0.2, 0.25) is 0 Å². The van der Waals surface area contributed by atoms with Crippen molar-refractivity contribution in [2.24, 2.45) is 11.3 Å². The third-order valence-corrected chi connectivity index (χ3v) is 7.00. The van der Waals surface area contributed by atoms with E-state index in [1.54, 1.807) is 51.3 Å². The van der Waals surface area contributed by atoms with Crippen LogP contribution >= 0.6 is 0 Å². The Hall–Kier alpha value is -3.43. The van der Waals surface area contributed by atoms with Gasteiger partial charge in [-0.1, -0.05) is 20.8 Å². The van der Waals surface area contributed by atoms with Gasteiger partial charge in [0.15, 0.2) is 11.6 Å². The van der Waals surface area contributed by atoms with E-state index < -0.39 is 52.5 Å². The van der Waals surface area contributed by atoms with Gasteiger partial charge in [-0.05, 0) is 58.6 Å². The van der Waals surface area contributed by atoms with Crippen LogP contribution in [0, 0.1) is 22.7 Å². The molecule has 2 aromatic heterocycles. The lowest BCUT2D eigenvalue weighted by atomic mass is 9.81. The number of fused-ring (bicyclic) bond motifs is 2. The van der Waals surface area contributed by atoms with Crippen LogP contribution in [-0.4, -0.2) is 62.9 Å². The van der Waals surface area contributed by atoms with Crippen molar-refractivity contribution in [2.75, 3.05) is 12.3 Å². The summed E-state index contributed by atoms with van der Waals surface area (Å²) in [6, 6.07) is 5.07. The zero-order valence-electron chi connectivity index (χ0n) is 23.8. The molecule has 1 saturated heterocycles. The van der Waals surface area contributed by atoms with Gasteiger partial charge in [-0.15, -0.1) is 0 Å². The average molecular weight is 543 g/mol.